The molecule has 38 heavy (non-hydrogen) atoms. The van der Waals surface area contributed by atoms with E-state index in [1.54, 1.807) is 36.4 Å². The second kappa shape index (κ2) is 9.27. The van der Waals surface area contributed by atoms with Gasteiger partial charge in [0.25, 0.3) is 5.69 Å². The van der Waals surface area contributed by atoms with E-state index in [4.69, 9.17) is 4.74 Å². The van der Waals surface area contributed by atoms with E-state index in [0.29, 0.717) is 16.9 Å². The lowest BCUT2D eigenvalue weighted by Gasteiger charge is -2.31. The van der Waals surface area contributed by atoms with Crippen LogP contribution in [0.5, 0.6) is 11.5 Å². The van der Waals surface area contributed by atoms with Crippen LogP contribution in [0, 0.1) is 22.0 Å². The first kappa shape index (κ1) is 24.9. The summed E-state index contributed by atoms with van der Waals surface area (Å²) in [5, 5.41) is 34.7. The highest BCUT2D eigenvalue weighted by Gasteiger charge is 2.69. The third-order valence-electron chi connectivity index (χ3n) is 7.23. The predicted molar refractivity (Wildman–Crippen MR) is 134 cm³/mol. The smallest absolute Gasteiger partial charge is 0.325 e. The van der Waals surface area contributed by atoms with E-state index in [9.17, 15) is 34.7 Å². The Balaban J connectivity index is 1.68. The van der Waals surface area contributed by atoms with E-state index in [2.05, 4.69) is 5.32 Å². The molecule has 2 fully saturated rings. The number of phenolic OH excluding ortho intramolecular Hbond substituents is 1. The lowest BCUT2D eigenvalue weighted by Crippen LogP contribution is -2.57. The summed E-state index contributed by atoms with van der Waals surface area (Å²) < 4.78 is 5.48. The summed E-state index contributed by atoms with van der Waals surface area (Å²) >= 11 is 0. The summed E-state index contributed by atoms with van der Waals surface area (Å²) in [6.07, 6.45) is -0.169. The van der Waals surface area contributed by atoms with Crippen LogP contribution < -0.4 is 15.0 Å². The Morgan fingerprint density at radius 3 is 2.45 bits per heavy atom. The fourth-order valence-electron chi connectivity index (χ4n) is 5.56. The Kier molecular flexibility index (Phi) is 6.08. The van der Waals surface area contributed by atoms with Gasteiger partial charge in [-0.1, -0.05) is 36.4 Å². The summed E-state index contributed by atoms with van der Waals surface area (Å²) in [6, 6.07) is 16.9. The van der Waals surface area contributed by atoms with Gasteiger partial charge in [0.1, 0.15) is 17.0 Å². The summed E-state index contributed by atoms with van der Waals surface area (Å²) in [4.78, 5) is 52.4. The Labute approximate surface area is 216 Å². The molecule has 11 nitrogen and oxygen atoms in total. The van der Waals surface area contributed by atoms with Gasteiger partial charge in [-0.25, -0.2) is 4.90 Å². The van der Waals surface area contributed by atoms with Crippen LogP contribution in [0.1, 0.15) is 17.2 Å². The van der Waals surface area contributed by atoms with Crippen molar-refractivity contribution in [3.8, 4) is 11.5 Å². The van der Waals surface area contributed by atoms with E-state index < -0.39 is 46.1 Å². The molecule has 3 N–H and O–H groups in total. The number of carboxylic acids is 1. The monoisotopic (exact) mass is 517 g/mol. The second-order valence-electron chi connectivity index (χ2n) is 9.28. The molecule has 11 heteroatoms. The molecule has 0 spiro atoms. The van der Waals surface area contributed by atoms with Gasteiger partial charge in [0, 0.05) is 30.2 Å². The van der Waals surface area contributed by atoms with Crippen molar-refractivity contribution in [3.63, 3.8) is 0 Å². The van der Waals surface area contributed by atoms with Crippen molar-refractivity contribution < 1.29 is 34.3 Å². The molecule has 5 rings (SSSR count). The number of carboxylic acid groups (broad SMARTS) is 1. The van der Waals surface area contributed by atoms with Gasteiger partial charge < -0.3 is 14.9 Å². The molecule has 0 saturated carbocycles. The molecule has 0 aromatic heterocycles. The summed E-state index contributed by atoms with van der Waals surface area (Å²) in [6.45, 7) is 0. The van der Waals surface area contributed by atoms with Crippen molar-refractivity contribution in [3.05, 3.63) is 94.0 Å². The number of aromatic hydroxyl groups is 1. The number of nitro benzene ring substituents is 1. The van der Waals surface area contributed by atoms with Crippen LogP contribution in [0.25, 0.3) is 0 Å². The van der Waals surface area contributed by atoms with Crippen molar-refractivity contribution >= 4 is 29.2 Å². The highest BCUT2D eigenvalue weighted by molar-refractivity contribution is 6.24. The van der Waals surface area contributed by atoms with Crippen LogP contribution >= 0.6 is 0 Å². The SMILES string of the molecule is COc1ccccc1C1NC(Cc2ccc(O)cc2)(C(=O)O)C2C(=O)N(c3cccc([N+](=O)[O-])c3)C(=O)C12. The maximum atomic E-state index is 13.9. The minimum absolute atomic E-state index is 0.00806. The van der Waals surface area contributed by atoms with Crippen molar-refractivity contribution in [2.75, 3.05) is 12.0 Å². The van der Waals surface area contributed by atoms with Crippen molar-refractivity contribution in [2.24, 2.45) is 11.8 Å². The normalized spacial score (nSPS) is 24.3. The van der Waals surface area contributed by atoms with Crippen LogP contribution in [0.3, 0.4) is 0 Å². The van der Waals surface area contributed by atoms with Crippen LogP contribution in [-0.4, -0.2) is 45.6 Å². The standard InChI is InChI=1S/C27H23N3O8/c1-38-20-8-3-2-7-19(20)23-21-22(27(28-23,26(34)35)14-15-9-11-18(31)12-10-15)25(33)29(24(21)32)16-5-4-6-17(13-16)30(36)37/h2-13,21-23,28,31H,14H2,1H3,(H,34,35). The van der Waals surface area contributed by atoms with Gasteiger partial charge in [0.15, 0.2) is 0 Å². The Morgan fingerprint density at radius 2 is 1.79 bits per heavy atom. The number of anilines is 1. The van der Waals surface area contributed by atoms with E-state index in [-0.39, 0.29) is 23.5 Å². The maximum absolute atomic E-state index is 13.9. The molecule has 0 bridgehead atoms. The molecule has 0 radical (unpaired) electrons. The number of non-ortho nitro benzene ring substituents is 1. The minimum atomic E-state index is -1.91. The maximum Gasteiger partial charge on any atom is 0.325 e. The zero-order valence-electron chi connectivity index (χ0n) is 20.1. The Hall–Kier alpha value is -4.77. The number of para-hydroxylation sites is 1. The van der Waals surface area contributed by atoms with Gasteiger partial charge >= 0.3 is 5.97 Å². The number of rotatable bonds is 7. The first-order chi connectivity index (χ1) is 18.2. The first-order valence-corrected chi connectivity index (χ1v) is 11.7. The molecule has 3 aromatic carbocycles. The quantitative estimate of drug-likeness (QED) is 0.243. The van der Waals surface area contributed by atoms with Crippen LogP contribution in [0.2, 0.25) is 0 Å². The molecule has 2 aliphatic rings. The van der Waals surface area contributed by atoms with E-state index in [1.165, 1.54) is 37.4 Å². The van der Waals surface area contributed by atoms with Crippen molar-refractivity contribution in [1.82, 2.24) is 5.32 Å². The Morgan fingerprint density at radius 1 is 1.08 bits per heavy atom. The zero-order valence-corrected chi connectivity index (χ0v) is 20.1. The molecule has 2 heterocycles. The molecule has 2 saturated heterocycles. The molecule has 2 aliphatic heterocycles. The number of nitro groups is 1. The van der Waals surface area contributed by atoms with Gasteiger partial charge in [0.05, 0.1) is 29.6 Å². The fraction of sp³-hybridized carbons (Fsp3) is 0.222. The number of fused-ring (bicyclic) bond motifs is 1. The van der Waals surface area contributed by atoms with Crippen LogP contribution in [0.4, 0.5) is 11.4 Å². The highest BCUT2D eigenvalue weighted by Crippen LogP contribution is 2.52. The number of imide groups is 1. The molecule has 0 aliphatic carbocycles. The lowest BCUT2D eigenvalue weighted by molar-refractivity contribution is -0.384. The predicted octanol–water partition coefficient (Wildman–Crippen LogP) is 2.83. The van der Waals surface area contributed by atoms with Gasteiger partial charge in [0.2, 0.25) is 11.8 Å². The van der Waals surface area contributed by atoms with Crippen molar-refractivity contribution in [1.29, 1.82) is 0 Å². The first-order valence-electron chi connectivity index (χ1n) is 11.7. The second-order valence-corrected chi connectivity index (χ2v) is 9.28. The number of aliphatic carboxylic acids is 1. The van der Waals surface area contributed by atoms with Gasteiger partial charge in [-0.2, -0.15) is 0 Å². The molecular weight excluding hydrogens is 494 g/mol. The number of nitrogens with one attached hydrogen (secondary N) is 1. The number of hydrogen-bond acceptors (Lipinski definition) is 8. The average Bonchev–Trinajstić information content (AvgIpc) is 3.39. The molecule has 4 atom stereocenters. The fourth-order valence-corrected chi connectivity index (χ4v) is 5.56. The number of phenols is 1. The number of amides is 2. The number of carbonyl (C=O) groups excluding carboxylic acids is 2. The number of hydrogen-bond donors (Lipinski definition) is 3. The zero-order chi connectivity index (χ0) is 27.2. The number of methoxy groups -OCH3 is 1. The Bertz CT molecular complexity index is 1460. The molecule has 2 amide bonds. The summed E-state index contributed by atoms with van der Waals surface area (Å²) in [5.41, 5.74) is -1.21. The minimum Gasteiger partial charge on any atom is -0.508 e. The molecule has 3 aromatic rings. The average molecular weight is 517 g/mol. The topological polar surface area (TPSA) is 159 Å². The van der Waals surface area contributed by atoms with Crippen molar-refractivity contribution in [2.45, 2.75) is 18.0 Å². The summed E-state index contributed by atoms with van der Waals surface area (Å²) in [7, 11) is 1.45. The number of nitrogens with zero attached hydrogens (tertiary/aromatic N) is 2. The number of benzene rings is 3. The van der Waals surface area contributed by atoms with Crippen LogP contribution in [-0.2, 0) is 20.8 Å². The number of carbonyl (C=O) groups is 3. The van der Waals surface area contributed by atoms with Gasteiger partial charge in [-0.3, -0.25) is 29.8 Å². The van der Waals surface area contributed by atoms with E-state index in [1.807, 2.05) is 0 Å². The van der Waals surface area contributed by atoms with E-state index in [0.717, 1.165) is 11.0 Å². The third kappa shape index (κ3) is 3.84. The summed E-state index contributed by atoms with van der Waals surface area (Å²) in [5.74, 6) is -4.85. The molecule has 4 unspecified atom stereocenters. The molecule has 194 valence electrons. The lowest BCUT2D eigenvalue weighted by atomic mass is 9.76. The third-order valence-corrected chi connectivity index (χ3v) is 7.23. The van der Waals surface area contributed by atoms with Crippen LogP contribution in [0.15, 0.2) is 72.8 Å². The highest BCUT2D eigenvalue weighted by atomic mass is 16.6. The van der Waals surface area contributed by atoms with E-state index >= 15 is 0 Å². The number of ether oxygens (including phenoxy) is 1. The molecular formula is C27H23N3O8. The largest absolute Gasteiger partial charge is 0.508 e. The van der Waals surface area contributed by atoms with Gasteiger partial charge in [-0.05, 0) is 29.8 Å². The van der Waals surface area contributed by atoms with Gasteiger partial charge in [-0.15, -0.1) is 0 Å².